The Morgan fingerprint density at radius 2 is 2.18 bits per heavy atom. The zero-order valence-corrected chi connectivity index (χ0v) is 7.99. The Morgan fingerprint density at radius 1 is 1.55 bits per heavy atom. The van der Waals surface area contributed by atoms with Crippen LogP contribution in [0.5, 0.6) is 0 Å². The Kier molecular flexibility index (Phi) is 2.37. The monoisotopic (exact) mass is 171 g/mol. The van der Waals surface area contributed by atoms with Crippen LogP contribution in [0.4, 0.5) is 4.79 Å². The Morgan fingerprint density at radius 3 is 2.55 bits per heavy atom. The van der Waals surface area contributed by atoms with Crippen LogP contribution in [0.2, 0.25) is 0 Å². The predicted molar refractivity (Wildman–Crippen MR) is 49.4 cm³/mol. The SMILES string of the molecule is CCCC1=NC(=O)SC1(C)C. The first-order chi connectivity index (χ1) is 5.06. The lowest BCUT2D eigenvalue weighted by Gasteiger charge is -2.16. The van der Waals surface area contributed by atoms with Gasteiger partial charge in [-0.15, -0.1) is 0 Å². The van der Waals surface area contributed by atoms with Gasteiger partial charge >= 0.3 is 5.24 Å². The molecule has 0 N–H and O–H groups in total. The van der Waals surface area contributed by atoms with Crippen LogP contribution in [0.15, 0.2) is 4.99 Å². The number of aliphatic imine (C=N–C) groups is 1. The number of thioether (sulfide) groups is 1. The molecule has 1 aliphatic rings. The molecule has 0 aromatic heterocycles. The number of nitrogens with zero attached hydrogens (tertiary/aromatic N) is 1. The molecule has 0 aromatic carbocycles. The maximum absolute atomic E-state index is 10.9. The Balaban J connectivity index is 2.75. The van der Waals surface area contributed by atoms with Crippen molar-refractivity contribution in [2.45, 2.75) is 38.4 Å². The van der Waals surface area contributed by atoms with Gasteiger partial charge in [-0.1, -0.05) is 25.1 Å². The average molecular weight is 171 g/mol. The molecule has 0 atom stereocenters. The predicted octanol–water partition coefficient (Wildman–Crippen LogP) is 2.87. The highest BCUT2D eigenvalue weighted by atomic mass is 32.2. The smallest absolute Gasteiger partial charge is 0.259 e. The molecule has 0 unspecified atom stereocenters. The molecule has 1 aliphatic heterocycles. The summed E-state index contributed by atoms with van der Waals surface area (Å²) in [7, 11) is 0. The third-order valence-electron chi connectivity index (χ3n) is 1.75. The fourth-order valence-corrected chi connectivity index (χ4v) is 2.00. The average Bonchev–Trinajstić information content (AvgIpc) is 2.07. The highest BCUT2D eigenvalue weighted by Crippen LogP contribution is 2.35. The molecule has 62 valence electrons. The third-order valence-corrected chi connectivity index (χ3v) is 2.76. The van der Waals surface area contributed by atoms with Crippen LogP contribution in [0, 0.1) is 0 Å². The topological polar surface area (TPSA) is 29.4 Å². The molecule has 3 heteroatoms. The van der Waals surface area contributed by atoms with Gasteiger partial charge in [0.1, 0.15) is 0 Å². The van der Waals surface area contributed by atoms with Crippen molar-refractivity contribution in [1.29, 1.82) is 0 Å². The van der Waals surface area contributed by atoms with E-state index in [1.807, 2.05) is 0 Å². The highest BCUT2D eigenvalue weighted by Gasteiger charge is 2.34. The van der Waals surface area contributed by atoms with Crippen molar-refractivity contribution in [2.75, 3.05) is 0 Å². The zero-order valence-electron chi connectivity index (χ0n) is 7.18. The summed E-state index contributed by atoms with van der Waals surface area (Å²) in [5, 5.41) is -0.0292. The molecule has 2 nitrogen and oxygen atoms in total. The summed E-state index contributed by atoms with van der Waals surface area (Å²) in [5.74, 6) is 0. The molecule has 0 radical (unpaired) electrons. The minimum Gasteiger partial charge on any atom is -0.259 e. The summed E-state index contributed by atoms with van der Waals surface area (Å²) in [5.41, 5.74) is 1.05. The Bertz CT molecular complexity index is 208. The molecular formula is C8H13NOS. The van der Waals surface area contributed by atoms with E-state index in [9.17, 15) is 4.79 Å². The number of carbonyl (C=O) groups excluding carboxylic acids is 1. The van der Waals surface area contributed by atoms with Crippen molar-refractivity contribution in [3.63, 3.8) is 0 Å². The summed E-state index contributed by atoms with van der Waals surface area (Å²) < 4.78 is -0.0485. The van der Waals surface area contributed by atoms with Crippen molar-refractivity contribution in [1.82, 2.24) is 0 Å². The van der Waals surface area contributed by atoms with Gasteiger partial charge in [-0.25, -0.2) is 4.99 Å². The van der Waals surface area contributed by atoms with Gasteiger partial charge in [0.2, 0.25) is 0 Å². The van der Waals surface area contributed by atoms with Gasteiger partial charge in [0, 0.05) is 5.71 Å². The number of hydrogen-bond donors (Lipinski definition) is 0. The van der Waals surface area contributed by atoms with E-state index in [0.717, 1.165) is 18.6 Å². The molecule has 1 heterocycles. The number of carbonyl (C=O) groups is 1. The summed E-state index contributed by atoms with van der Waals surface area (Å²) in [6, 6.07) is 0. The zero-order chi connectivity index (χ0) is 8.48. The molecule has 0 spiro atoms. The summed E-state index contributed by atoms with van der Waals surface area (Å²) in [6.45, 7) is 6.21. The van der Waals surface area contributed by atoms with Gasteiger partial charge in [-0.3, -0.25) is 4.79 Å². The van der Waals surface area contributed by atoms with E-state index in [0.29, 0.717) is 0 Å². The third kappa shape index (κ3) is 1.83. The minimum absolute atomic E-state index is 0.0292. The lowest BCUT2D eigenvalue weighted by molar-refractivity contribution is 0.268. The van der Waals surface area contributed by atoms with Crippen molar-refractivity contribution in [2.24, 2.45) is 4.99 Å². The second kappa shape index (κ2) is 2.97. The molecule has 0 aliphatic carbocycles. The van der Waals surface area contributed by atoms with E-state index >= 15 is 0 Å². The van der Waals surface area contributed by atoms with Crippen LogP contribution >= 0.6 is 11.8 Å². The van der Waals surface area contributed by atoms with Crippen molar-refractivity contribution < 1.29 is 4.79 Å². The number of amides is 1. The molecule has 0 aromatic rings. The maximum atomic E-state index is 10.9. The largest absolute Gasteiger partial charge is 0.305 e. The Labute approximate surface area is 71.5 Å². The van der Waals surface area contributed by atoms with Crippen molar-refractivity contribution in [3.05, 3.63) is 0 Å². The summed E-state index contributed by atoms with van der Waals surface area (Å²) in [6.07, 6.45) is 2.02. The first kappa shape index (κ1) is 8.78. The molecule has 0 bridgehead atoms. The van der Waals surface area contributed by atoms with Gasteiger partial charge in [0.15, 0.2) is 0 Å². The number of hydrogen-bond acceptors (Lipinski definition) is 2. The van der Waals surface area contributed by atoms with Gasteiger partial charge in [0.05, 0.1) is 4.75 Å². The summed E-state index contributed by atoms with van der Waals surface area (Å²) in [4.78, 5) is 14.9. The van der Waals surface area contributed by atoms with Gasteiger partial charge in [0.25, 0.3) is 0 Å². The van der Waals surface area contributed by atoms with E-state index < -0.39 is 0 Å². The van der Waals surface area contributed by atoms with Gasteiger partial charge in [-0.05, 0) is 20.3 Å². The molecule has 0 fully saturated rings. The quantitative estimate of drug-likeness (QED) is 0.639. The van der Waals surface area contributed by atoms with Crippen molar-refractivity contribution in [3.8, 4) is 0 Å². The van der Waals surface area contributed by atoms with E-state index in [1.165, 1.54) is 11.8 Å². The van der Waals surface area contributed by atoms with Crippen LogP contribution in [-0.4, -0.2) is 15.7 Å². The standard InChI is InChI=1S/C8H13NOS/c1-4-5-6-8(2,3)11-7(10)9-6/h4-5H2,1-3H3. The second-order valence-corrected chi connectivity index (χ2v) is 4.76. The molecule has 0 saturated carbocycles. The molecule has 0 saturated heterocycles. The lowest BCUT2D eigenvalue weighted by atomic mass is 10.0. The minimum atomic E-state index is -0.0485. The van der Waals surface area contributed by atoms with E-state index in [4.69, 9.17) is 0 Å². The van der Waals surface area contributed by atoms with Crippen molar-refractivity contribution >= 4 is 22.7 Å². The molecule has 11 heavy (non-hydrogen) atoms. The second-order valence-electron chi connectivity index (χ2n) is 3.19. The van der Waals surface area contributed by atoms with Gasteiger partial charge in [-0.2, -0.15) is 0 Å². The van der Waals surface area contributed by atoms with Crippen LogP contribution in [-0.2, 0) is 0 Å². The van der Waals surface area contributed by atoms with E-state index in [2.05, 4.69) is 25.8 Å². The van der Waals surface area contributed by atoms with Crippen LogP contribution in [0.25, 0.3) is 0 Å². The first-order valence-electron chi connectivity index (χ1n) is 3.87. The molecule has 1 rings (SSSR count). The maximum Gasteiger partial charge on any atom is 0.305 e. The number of rotatable bonds is 2. The fraction of sp³-hybridized carbons (Fsp3) is 0.750. The first-order valence-corrected chi connectivity index (χ1v) is 4.69. The van der Waals surface area contributed by atoms with Crippen LogP contribution in [0.3, 0.4) is 0 Å². The van der Waals surface area contributed by atoms with Gasteiger partial charge < -0.3 is 0 Å². The van der Waals surface area contributed by atoms with Crippen LogP contribution < -0.4 is 0 Å². The summed E-state index contributed by atoms with van der Waals surface area (Å²) >= 11 is 1.33. The van der Waals surface area contributed by atoms with E-state index in [1.54, 1.807) is 0 Å². The Hall–Kier alpha value is -0.310. The fourth-order valence-electron chi connectivity index (χ4n) is 1.14. The molecule has 1 amide bonds. The molecular weight excluding hydrogens is 158 g/mol. The van der Waals surface area contributed by atoms with E-state index in [-0.39, 0.29) is 9.99 Å². The normalized spacial score (nSPS) is 22.1. The lowest BCUT2D eigenvalue weighted by Crippen LogP contribution is -2.23. The van der Waals surface area contributed by atoms with Crippen LogP contribution in [0.1, 0.15) is 33.6 Å². The highest BCUT2D eigenvalue weighted by molar-refractivity contribution is 8.15.